The zero-order valence-corrected chi connectivity index (χ0v) is 15.6. The Morgan fingerprint density at radius 3 is 2.62 bits per heavy atom. The lowest BCUT2D eigenvalue weighted by atomic mass is 10.1. The van der Waals surface area contributed by atoms with Crippen molar-refractivity contribution in [1.29, 1.82) is 0 Å². The lowest BCUT2D eigenvalue weighted by Gasteiger charge is -2.23. The van der Waals surface area contributed by atoms with Gasteiger partial charge >= 0.3 is 0 Å². The number of rotatable bonds is 4. The van der Waals surface area contributed by atoms with Gasteiger partial charge in [-0.25, -0.2) is 0 Å². The molecule has 2 aromatic carbocycles. The first-order valence-electron chi connectivity index (χ1n) is 7.85. The van der Waals surface area contributed by atoms with Crippen molar-refractivity contribution in [1.82, 2.24) is 0 Å². The first kappa shape index (κ1) is 16.8. The molecule has 126 valence electrons. The van der Waals surface area contributed by atoms with Crippen molar-refractivity contribution in [3.8, 4) is 11.5 Å². The van der Waals surface area contributed by atoms with Gasteiger partial charge in [0.05, 0.1) is 20.6 Å². The maximum atomic E-state index is 12.9. The van der Waals surface area contributed by atoms with Crippen molar-refractivity contribution in [3.05, 3.63) is 52.0 Å². The Morgan fingerprint density at radius 1 is 1.17 bits per heavy atom. The number of methoxy groups -OCH3 is 2. The summed E-state index contributed by atoms with van der Waals surface area (Å²) in [6, 6.07) is 11.8. The van der Waals surface area contributed by atoms with E-state index in [9.17, 15) is 4.79 Å². The van der Waals surface area contributed by atoms with Crippen LogP contribution in [0.5, 0.6) is 11.5 Å². The minimum absolute atomic E-state index is 0.0933. The summed E-state index contributed by atoms with van der Waals surface area (Å²) in [5.41, 5.74) is 3.13. The van der Waals surface area contributed by atoms with Gasteiger partial charge in [-0.2, -0.15) is 0 Å². The fourth-order valence-corrected chi connectivity index (χ4v) is 3.64. The summed E-state index contributed by atoms with van der Waals surface area (Å²) in [5, 5.41) is 0. The third-order valence-electron chi connectivity index (χ3n) is 4.33. The Morgan fingerprint density at radius 2 is 1.92 bits per heavy atom. The number of carbonyl (C=O) groups excluding carboxylic acids is 1. The lowest BCUT2D eigenvalue weighted by Crippen LogP contribution is -2.36. The average molecular weight is 390 g/mol. The molecule has 1 heterocycles. The second kappa shape index (κ2) is 6.85. The number of hydrogen-bond donors (Lipinski definition) is 0. The number of hydrogen-bond acceptors (Lipinski definition) is 3. The van der Waals surface area contributed by atoms with Crippen LogP contribution in [-0.2, 0) is 17.6 Å². The summed E-state index contributed by atoms with van der Waals surface area (Å²) in [7, 11) is 3.20. The van der Waals surface area contributed by atoms with E-state index in [0.29, 0.717) is 17.9 Å². The van der Waals surface area contributed by atoms with Crippen LogP contribution in [0.1, 0.15) is 18.1 Å². The summed E-state index contributed by atoms with van der Waals surface area (Å²) >= 11 is 3.50. The van der Waals surface area contributed by atoms with Crippen molar-refractivity contribution in [3.63, 3.8) is 0 Å². The van der Waals surface area contributed by atoms with Crippen molar-refractivity contribution >= 4 is 27.5 Å². The lowest BCUT2D eigenvalue weighted by molar-refractivity contribution is -0.118. The molecule has 3 rings (SSSR count). The summed E-state index contributed by atoms with van der Waals surface area (Å²) < 4.78 is 11.6. The highest BCUT2D eigenvalue weighted by Crippen LogP contribution is 2.35. The molecule has 4 nitrogen and oxygen atoms in total. The first-order chi connectivity index (χ1) is 11.5. The highest BCUT2D eigenvalue weighted by molar-refractivity contribution is 9.10. The number of fused-ring (bicyclic) bond motifs is 1. The topological polar surface area (TPSA) is 38.8 Å². The van der Waals surface area contributed by atoms with E-state index >= 15 is 0 Å². The third-order valence-corrected chi connectivity index (χ3v) is 4.82. The van der Waals surface area contributed by atoms with Crippen molar-refractivity contribution < 1.29 is 14.3 Å². The molecule has 1 amide bonds. The fourth-order valence-electron chi connectivity index (χ4n) is 3.23. The van der Waals surface area contributed by atoms with E-state index in [1.165, 1.54) is 5.56 Å². The van der Waals surface area contributed by atoms with Crippen LogP contribution in [0.2, 0.25) is 0 Å². The Labute approximate surface area is 150 Å². The van der Waals surface area contributed by atoms with E-state index in [2.05, 4.69) is 28.9 Å². The Bertz CT molecular complexity index is 775. The molecule has 0 fully saturated rings. The molecule has 1 unspecified atom stereocenters. The summed E-state index contributed by atoms with van der Waals surface area (Å²) in [6.45, 7) is 2.08. The molecule has 1 atom stereocenters. The number of nitrogens with zero attached hydrogens (tertiary/aromatic N) is 1. The number of amides is 1. The molecule has 0 spiro atoms. The molecule has 1 aliphatic rings. The first-order valence-corrected chi connectivity index (χ1v) is 8.64. The molecule has 0 saturated heterocycles. The number of anilines is 1. The number of ether oxygens (including phenoxy) is 2. The van der Waals surface area contributed by atoms with Crippen LogP contribution in [-0.4, -0.2) is 26.2 Å². The minimum atomic E-state index is 0.0933. The van der Waals surface area contributed by atoms with Crippen LogP contribution in [0.25, 0.3) is 0 Å². The van der Waals surface area contributed by atoms with Crippen LogP contribution < -0.4 is 14.4 Å². The highest BCUT2D eigenvalue weighted by Gasteiger charge is 2.30. The van der Waals surface area contributed by atoms with E-state index < -0.39 is 0 Å². The van der Waals surface area contributed by atoms with Gasteiger partial charge in [0.25, 0.3) is 0 Å². The van der Waals surface area contributed by atoms with Crippen LogP contribution in [0, 0.1) is 0 Å². The summed E-state index contributed by atoms with van der Waals surface area (Å²) in [6.07, 6.45) is 1.21. The quantitative estimate of drug-likeness (QED) is 0.793. The largest absolute Gasteiger partial charge is 0.493 e. The van der Waals surface area contributed by atoms with Gasteiger partial charge in [0, 0.05) is 16.2 Å². The van der Waals surface area contributed by atoms with E-state index in [1.807, 2.05) is 35.2 Å². The zero-order chi connectivity index (χ0) is 17.3. The number of halogens is 1. The maximum Gasteiger partial charge on any atom is 0.231 e. The van der Waals surface area contributed by atoms with Crippen LogP contribution in [0.4, 0.5) is 5.69 Å². The Kier molecular flexibility index (Phi) is 4.81. The third kappa shape index (κ3) is 3.13. The minimum Gasteiger partial charge on any atom is -0.493 e. The maximum absolute atomic E-state index is 12.9. The number of benzene rings is 2. The second-order valence-electron chi connectivity index (χ2n) is 5.96. The van der Waals surface area contributed by atoms with Crippen molar-refractivity contribution in [2.24, 2.45) is 0 Å². The van der Waals surface area contributed by atoms with Gasteiger partial charge < -0.3 is 14.4 Å². The van der Waals surface area contributed by atoms with Gasteiger partial charge in [0.15, 0.2) is 11.5 Å². The Hall–Kier alpha value is -2.01. The fraction of sp³-hybridized carbons (Fsp3) is 0.316. The molecule has 0 saturated carbocycles. The van der Waals surface area contributed by atoms with Gasteiger partial charge in [0.1, 0.15) is 0 Å². The van der Waals surface area contributed by atoms with E-state index in [4.69, 9.17) is 9.47 Å². The zero-order valence-electron chi connectivity index (χ0n) is 14.0. The Balaban J connectivity index is 1.83. The van der Waals surface area contributed by atoms with E-state index in [-0.39, 0.29) is 11.9 Å². The molecule has 1 aliphatic heterocycles. The van der Waals surface area contributed by atoms with Crippen LogP contribution >= 0.6 is 15.9 Å². The monoisotopic (exact) mass is 389 g/mol. The molecule has 2 aromatic rings. The van der Waals surface area contributed by atoms with Gasteiger partial charge in [-0.05, 0) is 54.8 Å². The van der Waals surface area contributed by atoms with Gasteiger partial charge in [0.2, 0.25) is 5.91 Å². The van der Waals surface area contributed by atoms with Gasteiger partial charge in [-0.3, -0.25) is 4.79 Å². The van der Waals surface area contributed by atoms with E-state index in [1.54, 1.807) is 14.2 Å². The summed E-state index contributed by atoms with van der Waals surface area (Å²) in [5.74, 6) is 1.40. The van der Waals surface area contributed by atoms with Crippen molar-refractivity contribution in [2.75, 3.05) is 19.1 Å². The van der Waals surface area contributed by atoms with Crippen LogP contribution in [0.15, 0.2) is 40.9 Å². The van der Waals surface area contributed by atoms with Crippen molar-refractivity contribution in [2.45, 2.75) is 25.8 Å². The normalized spacial score (nSPS) is 16.0. The highest BCUT2D eigenvalue weighted by atomic mass is 79.9. The molecule has 5 heteroatoms. The standard InChI is InChI=1S/C19H20BrNO3/c1-12-8-14-11-15(20)5-6-16(14)21(12)19(22)10-13-4-7-17(23-2)18(9-13)24-3/h4-7,9,11-12H,8,10H2,1-3H3. The van der Waals surface area contributed by atoms with Crippen LogP contribution in [0.3, 0.4) is 0 Å². The summed E-state index contributed by atoms with van der Waals surface area (Å²) in [4.78, 5) is 14.8. The number of carbonyl (C=O) groups is 1. The molecule has 0 radical (unpaired) electrons. The van der Waals surface area contributed by atoms with E-state index in [0.717, 1.165) is 22.1 Å². The molecular formula is C19H20BrNO3. The molecule has 0 N–H and O–H groups in total. The van der Waals surface area contributed by atoms with Gasteiger partial charge in [-0.1, -0.05) is 22.0 Å². The van der Waals surface area contributed by atoms with Gasteiger partial charge in [-0.15, -0.1) is 0 Å². The predicted molar refractivity (Wildman–Crippen MR) is 98.0 cm³/mol. The SMILES string of the molecule is COc1ccc(CC(=O)N2c3ccc(Br)cc3CC2C)cc1OC. The molecule has 24 heavy (non-hydrogen) atoms. The molecule has 0 aromatic heterocycles. The predicted octanol–water partition coefficient (Wildman–Crippen LogP) is 3.99. The second-order valence-corrected chi connectivity index (χ2v) is 6.87. The smallest absolute Gasteiger partial charge is 0.231 e. The molecule has 0 bridgehead atoms. The molecular weight excluding hydrogens is 370 g/mol. The average Bonchev–Trinajstić information content (AvgIpc) is 2.89. The molecule has 0 aliphatic carbocycles.